The molecule has 0 aliphatic carbocycles. The van der Waals surface area contributed by atoms with Crippen LogP contribution in [0.3, 0.4) is 0 Å². The topological polar surface area (TPSA) is 77.3 Å². The molecule has 0 unspecified atom stereocenters. The van der Waals surface area contributed by atoms with Gasteiger partial charge in [0.05, 0.1) is 55.9 Å². The summed E-state index contributed by atoms with van der Waals surface area (Å²) in [5, 5.41) is 9.16. The maximum atomic E-state index is 5.10. The number of benzene rings is 9. The first kappa shape index (κ1) is 44.4. The van der Waals surface area contributed by atoms with Gasteiger partial charge in [0.2, 0.25) is 0 Å². The van der Waals surface area contributed by atoms with Crippen LogP contribution in [0.5, 0.6) is 0 Å². The van der Waals surface area contributed by atoms with Crippen molar-refractivity contribution in [3.63, 3.8) is 0 Å². The fourth-order valence-electron chi connectivity index (χ4n) is 10.5. The van der Waals surface area contributed by atoms with E-state index in [4.69, 9.17) is 19.9 Å². The van der Waals surface area contributed by atoms with Crippen LogP contribution in [0.2, 0.25) is 0 Å². The minimum Gasteiger partial charge on any atom is -0.256 e. The van der Waals surface area contributed by atoms with Gasteiger partial charge in [-0.2, -0.15) is 0 Å². The number of hydrogen-bond acceptors (Lipinski definition) is 6. The summed E-state index contributed by atoms with van der Waals surface area (Å²) in [6, 6.07) is 88.7. The number of pyridine rings is 6. The predicted molar refractivity (Wildman–Crippen MR) is 315 cm³/mol. The highest BCUT2D eigenvalue weighted by molar-refractivity contribution is 6.00. The van der Waals surface area contributed by atoms with Crippen LogP contribution >= 0.6 is 0 Å². The molecular weight excluding hydrogens is 925 g/mol. The molecule has 0 aliphatic heterocycles. The lowest BCUT2D eigenvalue weighted by Gasteiger charge is -2.10. The average Bonchev–Trinajstić information content (AvgIpc) is 3.51. The van der Waals surface area contributed by atoms with Gasteiger partial charge >= 0.3 is 0 Å². The number of rotatable bonds is 6. The van der Waals surface area contributed by atoms with Gasteiger partial charge in [-0.15, -0.1) is 0 Å². The van der Waals surface area contributed by atoms with Crippen molar-refractivity contribution in [2.24, 2.45) is 0 Å². The van der Waals surface area contributed by atoms with E-state index in [9.17, 15) is 0 Å². The second-order valence-corrected chi connectivity index (χ2v) is 19.1. The zero-order chi connectivity index (χ0) is 50.4. The molecule has 9 aromatic carbocycles. The molecule has 0 N–H and O–H groups in total. The van der Waals surface area contributed by atoms with Crippen LogP contribution in [-0.4, -0.2) is 29.9 Å². The Hall–Kier alpha value is -10.3. The molecule has 6 aromatic heterocycles. The third-order valence-electron chi connectivity index (χ3n) is 14.4. The second-order valence-electron chi connectivity index (χ2n) is 19.1. The lowest BCUT2D eigenvalue weighted by atomic mass is 9.97. The lowest BCUT2D eigenvalue weighted by Crippen LogP contribution is -1.90. The van der Waals surface area contributed by atoms with Gasteiger partial charge in [0.1, 0.15) is 0 Å². The fourth-order valence-corrected chi connectivity index (χ4v) is 10.5. The Labute approximate surface area is 438 Å². The molecule has 0 radical (unpaired) electrons. The number of nitrogens with zero attached hydrogens (tertiary/aromatic N) is 6. The third kappa shape index (κ3) is 8.40. The Kier molecular flexibility index (Phi) is 11.1. The van der Waals surface area contributed by atoms with Gasteiger partial charge in [0.25, 0.3) is 0 Å². The molecule has 0 atom stereocenters. The first-order valence-corrected chi connectivity index (χ1v) is 25.5. The van der Waals surface area contributed by atoms with Gasteiger partial charge in [-0.25, -0.2) is 19.9 Å². The monoisotopic (exact) mass is 968 g/mol. The van der Waals surface area contributed by atoms with Gasteiger partial charge in [-0.3, -0.25) is 9.97 Å². The molecular formula is C70H44N6. The summed E-state index contributed by atoms with van der Waals surface area (Å²) >= 11 is 0. The molecule has 6 heterocycles. The summed E-state index contributed by atoms with van der Waals surface area (Å²) in [5.41, 5.74) is 18.4. The Morgan fingerprint density at radius 3 is 1.14 bits per heavy atom. The summed E-state index contributed by atoms with van der Waals surface area (Å²) in [5.74, 6) is 0. The summed E-state index contributed by atoms with van der Waals surface area (Å²) in [4.78, 5) is 29.5. The van der Waals surface area contributed by atoms with Crippen molar-refractivity contribution < 1.29 is 0 Å². The Balaban J connectivity index is 0.000000140. The van der Waals surface area contributed by atoms with Crippen molar-refractivity contribution in [1.82, 2.24) is 29.9 Å². The minimum atomic E-state index is 0.917. The molecule has 0 saturated carbocycles. The normalized spacial score (nSPS) is 11.4. The van der Waals surface area contributed by atoms with Crippen LogP contribution in [0.25, 0.3) is 143 Å². The van der Waals surface area contributed by atoms with Gasteiger partial charge in [-0.1, -0.05) is 194 Å². The van der Waals surface area contributed by atoms with E-state index in [0.29, 0.717) is 0 Å². The zero-order valence-electron chi connectivity index (χ0n) is 41.1. The summed E-state index contributed by atoms with van der Waals surface area (Å²) in [7, 11) is 0. The van der Waals surface area contributed by atoms with Crippen molar-refractivity contribution in [3.05, 3.63) is 267 Å². The standard InChI is InChI=1S/C37H23N3.C33H21N3/c1-2-10-30-24(6-1)7-3-11-31(30)28-15-13-25-17-19-33(39-35(25)22-28)29-16-14-26-18-20-34(40-36(26)23-29)32-12-4-8-27-9-5-21-38-37(27)32;1-2-6-22(7-3-1)26-13-11-23-15-17-29(35-31(23)20-26)27-14-12-24-16-18-30(36-32(24)21-27)28-10-4-8-25-9-5-19-34-33(25)28/h1-23H;1-21H. The van der Waals surface area contributed by atoms with Crippen LogP contribution < -0.4 is 0 Å². The Bertz CT molecular complexity index is 4550. The maximum Gasteiger partial charge on any atom is 0.0795 e. The van der Waals surface area contributed by atoms with Crippen LogP contribution in [-0.2, 0) is 0 Å². The number of fused-ring (bicyclic) bond motifs is 7. The summed E-state index contributed by atoms with van der Waals surface area (Å²) in [6.45, 7) is 0. The van der Waals surface area contributed by atoms with Gasteiger partial charge in [-0.05, 0) is 93.7 Å². The highest BCUT2D eigenvalue weighted by Gasteiger charge is 2.13. The maximum absolute atomic E-state index is 5.10. The molecule has 15 aromatic rings. The van der Waals surface area contributed by atoms with Gasteiger partial charge < -0.3 is 0 Å². The van der Waals surface area contributed by atoms with Crippen molar-refractivity contribution in [1.29, 1.82) is 0 Å². The van der Waals surface area contributed by atoms with E-state index in [2.05, 4.69) is 247 Å². The van der Waals surface area contributed by atoms with Crippen LogP contribution in [0.1, 0.15) is 0 Å². The molecule has 0 bridgehead atoms. The summed E-state index contributed by atoms with van der Waals surface area (Å²) < 4.78 is 0. The van der Waals surface area contributed by atoms with E-state index in [1.807, 2.05) is 30.6 Å². The molecule has 0 spiro atoms. The molecule has 0 aliphatic rings. The second kappa shape index (κ2) is 19.0. The first-order chi connectivity index (χ1) is 37.6. The molecule has 0 saturated heterocycles. The Morgan fingerprint density at radius 2 is 0.592 bits per heavy atom. The zero-order valence-corrected chi connectivity index (χ0v) is 41.1. The quantitative estimate of drug-likeness (QED) is 0.165. The molecule has 0 fully saturated rings. The van der Waals surface area contributed by atoms with Gasteiger partial charge in [0, 0.05) is 67.0 Å². The lowest BCUT2D eigenvalue weighted by molar-refractivity contribution is 1.36. The smallest absolute Gasteiger partial charge is 0.0795 e. The number of para-hydroxylation sites is 2. The molecule has 354 valence electrons. The highest BCUT2D eigenvalue weighted by atomic mass is 14.7. The van der Waals surface area contributed by atoms with E-state index in [0.717, 1.165) is 110 Å². The molecule has 6 nitrogen and oxygen atoms in total. The third-order valence-corrected chi connectivity index (χ3v) is 14.4. The molecule has 0 amide bonds. The van der Waals surface area contributed by atoms with E-state index in [1.54, 1.807) is 0 Å². The molecule has 76 heavy (non-hydrogen) atoms. The minimum absolute atomic E-state index is 0.917. The largest absolute Gasteiger partial charge is 0.256 e. The van der Waals surface area contributed by atoms with E-state index in [-0.39, 0.29) is 0 Å². The SMILES string of the molecule is c1ccc(-c2ccc3ccc(-c4ccc5ccc(-c6cccc7cccnc67)nc5c4)nc3c2)cc1.c1ccc2c(-c3ccc4ccc(-c5ccc6ccc(-c7cccc8cccnc78)nc6c5)nc4c3)cccc2c1. The van der Waals surface area contributed by atoms with Crippen LogP contribution in [0.15, 0.2) is 267 Å². The van der Waals surface area contributed by atoms with Crippen molar-refractivity contribution >= 4 is 76.2 Å². The van der Waals surface area contributed by atoms with Crippen LogP contribution in [0.4, 0.5) is 0 Å². The van der Waals surface area contributed by atoms with Gasteiger partial charge in [0.15, 0.2) is 0 Å². The average molecular weight is 969 g/mol. The Morgan fingerprint density at radius 1 is 0.211 bits per heavy atom. The predicted octanol–water partition coefficient (Wildman–Crippen LogP) is 17.8. The highest BCUT2D eigenvalue weighted by Crippen LogP contribution is 2.35. The number of aromatic nitrogens is 6. The number of hydrogen-bond donors (Lipinski definition) is 0. The van der Waals surface area contributed by atoms with Crippen LogP contribution in [0, 0.1) is 0 Å². The van der Waals surface area contributed by atoms with E-state index < -0.39 is 0 Å². The van der Waals surface area contributed by atoms with E-state index >= 15 is 0 Å². The van der Waals surface area contributed by atoms with Crippen molar-refractivity contribution in [3.8, 4) is 67.3 Å². The van der Waals surface area contributed by atoms with Crippen molar-refractivity contribution in [2.75, 3.05) is 0 Å². The fraction of sp³-hybridized carbons (Fsp3) is 0. The summed E-state index contributed by atoms with van der Waals surface area (Å²) in [6.07, 6.45) is 3.67. The van der Waals surface area contributed by atoms with Crippen molar-refractivity contribution in [2.45, 2.75) is 0 Å². The first-order valence-electron chi connectivity index (χ1n) is 25.5. The molecule has 15 rings (SSSR count). The molecule has 6 heteroatoms. The van der Waals surface area contributed by atoms with E-state index in [1.165, 1.54) is 33.0 Å².